The van der Waals surface area contributed by atoms with Gasteiger partial charge in [-0.15, -0.1) is 0 Å². The summed E-state index contributed by atoms with van der Waals surface area (Å²) in [4.78, 5) is 22.3. The maximum absolute atomic E-state index is 13.4. The van der Waals surface area contributed by atoms with Gasteiger partial charge in [0.15, 0.2) is 5.65 Å². The third kappa shape index (κ3) is 2.29. The van der Waals surface area contributed by atoms with Crippen LogP contribution in [0.4, 0.5) is 0 Å². The standard InChI is InChI=1S/C20H16N6O2/c21-18(22)15-7-5-11(9-23-15)26-19-17(13-3-1-2-4-14(13)20(26)28)24-16-8-6-12(27)10-25(16)19/h1-10,18,27H,21-22H2. The molecule has 0 aliphatic carbocycles. The Bertz CT molecular complexity index is 1420. The highest BCUT2D eigenvalue weighted by atomic mass is 16.3. The quantitative estimate of drug-likeness (QED) is 0.406. The summed E-state index contributed by atoms with van der Waals surface area (Å²) in [5, 5.41) is 11.3. The second-order valence-corrected chi connectivity index (χ2v) is 6.55. The highest BCUT2D eigenvalue weighted by molar-refractivity contribution is 6.04. The normalized spacial score (nSPS) is 11.8. The zero-order valence-electron chi connectivity index (χ0n) is 14.6. The molecule has 8 nitrogen and oxygen atoms in total. The van der Waals surface area contributed by atoms with Gasteiger partial charge in [0.05, 0.1) is 29.9 Å². The molecule has 0 fully saturated rings. The zero-order chi connectivity index (χ0) is 19.4. The van der Waals surface area contributed by atoms with Gasteiger partial charge in [-0.1, -0.05) is 18.2 Å². The zero-order valence-corrected chi connectivity index (χ0v) is 14.6. The van der Waals surface area contributed by atoms with Crippen molar-refractivity contribution < 1.29 is 5.11 Å². The van der Waals surface area contributed by atoms with Crippen LogP contribution in [-0.2, 0) is 0 Å². The molecular weight excluding hydrogens is 356 g/mol. The van der Waals surface area contributed by atoms with E-state index in [2.05, 4.69) is 9.97 Å². The van der Waals surface area contributed by atoms with E-state index in [0.717, 1.165) is 5.39 Å². The SMILES string of the molecule is NC(N)c1ccc(-n2c(=O)c3ccccc3c3nc4ccc(O)cn4c32)cn1. The highest BCUT2D eigenvalue weighted by Gasteiger charge is 2.18. The van der Waals surface area contributed by atoms with Gasteiger partial charge >= 0.3 is 0 Å². The molecule has 0 bridgehead atoms. The van der Waals surface area contributed by atoms with Crippen molar-refractivity contribution in [3.8, 4) is 11.4 Å². The Labute approximate surface area is 158 Å². The van der Waals surface area contributed by atoms with Crippen molar-refractivity contribution in [3.63, 3.8) is 0 Å². The summed E-state index contributed by atoms with van der Waals surface area (Å²) in [5.74, 6) is 0.0709. The number of aromatic hydroxyl groups is 1. The van der Waals surface area contributed by atoms with Crippen molar-refractivity contribution in [2.45, 2.75) is 6.17 Å². The number of imidazole rings is 1. The maximum atomic E-state index is 13.4. The Morgan fingerprint density at radius 2 is 1.79 bits per heavy atom. The Morgan fingerprint density at radius 3 is 2.50 bits per heavy atom. The lowest BCUT2D eigenvalue weighted by atomic mass is 10.1. The van der Waals surface area contributed by atoms with Gasteiger partial charge in [-0.25, -0.2) is 4.98 Å². The predicted octanol–water partition coefficient (Wildman–Crippen LogP) is 1.81. The topological polar surface area (TPSA) is 124 Å². The van der Waals surface area contributed by atoms with E-state index >= 15 is 0 Å². The second-order valence-electron chi connectivity index (χ2n) is 6.55. The molecule has 0 spiro atoms. The molecule has 8 heteroatoms. The lowest BCUT2D eigenvalue weighted by molar-refractivity contribution is 0.472. The minimum absolute atomic E-state index is 0.0709. The first-order chi connectivity index (χ1) is 13.5. The Balaban J connectivity index is 1.98. The van der Waals surface area contributed by atoms with Gasteiger partial charge in [0.25, 0.3) is 5.56 Å². The molecule has 4 aromatic heterocycles. The average molecular weight is 372 g/mol. The van der Waals surface area contributed by atoms with Crippen LogP contribution in [-0.4, -0.2) is 24.0 Å². The number of benzene rings is 1. The van der Waals surface area contributed by atoms with Crippen molar-refractivity contribution in [3.05, 3.63) is 77.0 Å². The van der Waals surface area contributed by atoms with Crippen LogP contribution in [0.15, 0.2) is 65.7 Å². The van der Waals surface area contributed by atoms with Crippen molar-refractivity contribution >= 4 is 27.6 Å². The summed E-state index contributed by atoms with van der Waals surface area (Å²) in [6.07, 6.45) is 2.39. The van der Waals surface area contributed by atoms with Gasteiger partial charge in [0.2, 0.25) is 0 Å². The van der Waals surface area contributed by atoms with Gasteiger partial charge < -0.3 is 16.6 Å². The van der Waals surface area contributed by atoms with E-state index in [0.29, 0.717) is 33.6 Å². The minimum atomic E-state index is -0.699. The van der Waals surface area contributed by atoms with Gasteiger partial charge in [0, 0.05) is 10.8 Å². The number of fused-ring (bicyclic) bond motifs is 5. The van der Waals surface area contributed by atoms with Crippen LogP contribution in [0.2, 0.25) is 0 Å². The van der Waals surface area contributed by atoms with Crippen molar-refractivity contribution in [1.82, 2.24) is 18.9 Å². The van der Waals surface area contributed by atoms with Crippen LogP contribution in [0.25, 0.3) is 33.3 Å². The molecule has 0 aliphatic rings. The third-order valence-electron chi connectivity index (χ3n) is 4.78. The van der Waals surface area contributed by atoms with E-state index in [9.17, 15) is 9.90 Å². The first-order valence-corrected chi connectivity index (χ1v) is 8.66. The molecule has 5 rings (SSSR count). The fourth-order valence-electron chi connectivity index (χ4n) is 3.47. The fraction of sp³-hybridized carbons (Fsp3) is 0.0500. The summed E-state index contributed by atoms with van der Waals surface area (Å²) in [7, 11) is 0. The summed E-state index contributed by atoms with van der Waals surface area (Å²) in [5.41, 5.74) is 14.0. The molecule has 138 valence electrons. The lowest BCUT2D eigenvalue weighted by Crippen LogP contribution is -2.23. The van der Waals surface area contributed by atoms with E-state index in [1.54, 1.807) is 40.9 Å². The monoisotopic (exact) mass is 372 g/mol. The number of hydrogen-bond acceptors (Lipinski definition) is 6. The summed E-state index contributed by atoms with van der Waals surface area (Å²) in [6, 6.07) is 14.0. The van der Waals surface area contributed by atoms with Crippen LogP contribution in [0.3, 0.4) is 0 Å². The van der Waals surface area contributed by atoms with Crippen LogP contribution in [0.1, 0.15) is 11.9 Å². The minimum Gasteiger partial charge on any atom is -0.506 e. The number of pyridine rings is 3. The van der Waals surface area contributed by atoms with Gasteiger partial charge in [-0.05, 0) is 30.3 Å². The smallest absolute Gasteiger partial charge is 0.264 e. The summed E-state index contributed by atoms with van der Waals surface area (Å²) < 4.78 is 3.23. The lowest BCUT2D eigenvalue weighted by Gasteiger charge is -2.12. The molecule has 4 heterocycles. The van der Waals surface area contributed by atoms with E-state index < -0.39 is 6.17 Å². The molecule has 0 amide bonds. The Morgan fingerprint density at radius 1 is 1.00 bits per heavy atom. The molecule has 0 saturated carbocycles. The highest BCUT2D eigenvalue weighted by Crippen LogP contribution is 2.27. The first-order valence-electron chi connectivity index (χ1n) is 8.66. The van der Waals surface area contributed by atoms with E-state index in [1.165, 1.54) is 10.8 Å². The van der Waals surface area contributed by atoms with Crippen molar-refractivity contribution in [2.24, 2.45) is 11.5 Å². The molecule has 0 saturated heterocycles. The first kappa shape index (κ1) is 16.4. The summed E-state index contributed by atoms with van der Waals surface area (Å²) in [6.45, 7) is 0. The van der Waals surface area contributed by atoms with E-state index in [1.807, 2.05) is 18.2 Å². The molecule has 28 heavy (non-hydrogen) atoms. The maximum Gasteiger partial charge on any atom is 0.264 e. The van der Waals surface area contributed by atoms with Crippen LogP contribution in [0, 0.1) is 0 Å². The average Bonchev–Trinajstić information content (AvgIpc) is 3.07. The number of hydrogen-bond donors (Lipinski definition) is 3. The van der Waals surface area contributed by atoms with Gasteiger partial charge in [-0.3, -0.25) is 18.7 Å². The molecule has 0 aliphatic heterocycles. The van der Waals surface area contributed by atoms with E-state index in [4.69, 9.17) is 11.5 Å². The Kier molecular flexibility index (Phi) is 3.45. The van der Waals surface area contributed by atoms with Crippen molar-refractivity contribution in [2.75, 3.05) is 0 Å². The van der Waals surface area contributed by atoms with Gasteiger partial charge in [-0.2, -0.15) is 0 Å². The Hall–Kier alpha value is -3.75. The molecule has 0 radical (unpaired) electrons. The molecule has 1 aromatic carbocycles. The van der Waals surface area contributed by atoms with Gasteiger partial charge in [0.1, 0.15) is 16.9 Å². The number of rotatable bonds is 2. The number of aromatic nitrogens is 4. The largest absolute Gasteiger partial charge is 0.506 e. The molecule has 5 aromatic rings. The molecule has 0 atom stereocenters. The summed E-state index contributed by atoms with van der Waals surface area (Å²) >= 11 is 0. The third-order valence-corrected chi connectivity index (χ3v) is 4.78. The molecule has 0 unspecified atom stereocenters. The predicted molar refractivity (Wildman–Crippen MR) is 106 cm³/mol. The second kappa shape index (κ2) is 5.88. The van der Waals surface area contributed by atoms with Crippen LogP contribution in [0.5, 0.6) is 5.75 Å². The number of nitrogens with two attached hydrogens (primary N) is 2. The van der Waals surface area contributed by atoms with Crippen LogP contribution >= 0.6 is 0 Å². The number of nitrogens with zero attached hydrogens (tertiary/aromatic N) is 4. The van der Waals surface area contributed by atoms with Crippen LogP contribution < -0.4 is 17.0 Å². The molecule has 5 N–H and O–H groups in total. The fourth-order valence-corrected chi connectivity index (χ4v) is 3.47. The molecular formula is C20H16N6O2. The van der Waals surface area contributed by atoms with Crippen molar-refractivity contribution in [1.29, 1.82) is 0 Å². The van der Waals surface area contributed by atoms with E-state index in [-0.39, 0.29) is 11.3 Å².